The van der Waals surface area contributed by atoms with Crippen LogP contribution in [0.3, 0.4) is 0 Å². The smallest absolute Gasteiger partial charge is 0.246 e. The van der Waals surface area contributed by atoms with Crippen molar-refractivity contribution in [3.63, 3.8) is 0 Å². The minimum Gasteiger partial charge on any atom is -0.397 e. The number of aromatic nitrogens is 1. The van der Waals surface area contributed by atoms with Gasteiger partial charge in [-0.05, 0) is 18.6 Å². The fourth-order valence-electron chi connectivity index (χ4n) is 1.89. The molecule has 0 unspecified atom stereocenters. The number of pyridine rings is 1. The van der Waals surface area contributed by atoms with E-state index in [0.29, 0.717) is 23.7 Å². The molecule has 0 aliphatic carbocycles. The fraction of sp³-hybridized carbons (Fsp3) is 0.385. The molecule has 112 valence electrons. The summed E-state index contributed by atoms with van der Waals surface area (Å²) in [5.74, 6) is -0.828. The van der Waals surface area contributed by atoms with E-state index in [1.807, 2.05) is 0 Å². The fourth-order valence-corrected chi connectivity index (χ4v) is 2.53. The van der Waals surface area contributed by atoms with E-state index in [-0.39, 0.29) is 18.2 Å². The van der Waals surface area contributed by atoms with Crippen molar-refractivity contribution in [3.05, 3.63) is 18.3 Å². The number of carbonyl (C=O) groups is 3. The van der Waals surface area contributed by atoms with Gasteiger partial charge < -0.3 is 10.6 Å². The number of thioether (sulfide) groups is 1. The van der Waals surface area contributed by atoms with Crippen molar-refractivity contribution in [2.75, 3.05) is 24.6 Å². The summed E-state index contributed by atoms with van der Waals surface area (Å²) in [6.07, 6.45) is 2.74. The first-order chi connectivity index (χ1) is 10.0. The van der Waals surface area contributed by atoms with E-state index in [1.54, 1.807) is 12.1 Å². The molecule has 3 amide bonds. The quantitative estimate of drug-likeness (QED) is 0.743. The summed E-state index contributed by atoms with van der Waals surface area (Å²) < 4.78 is 0. The number of hydrogen-bond donors (Lipinski definition) is 2. The van der Waals surface area contributed by atoms with Gasteiger partial charge in [-0.1, -0.05) is 11.8 Å². The van der Waals surface area contributed by atoms with Gasteiger partial charge in [-0.15, -0.1) is 0 Å². The Morgan fingerprint density at radius 1 is 1.38 bits per heavy atom. The van der Waals surface area contributed by atoms with Crippen molar-refractivity contribution in [1.82, 2.24) is 15.2 Å². The highest BCUT2D eigenvalue weighted by Crippen LogP contribution is 2.15. The predicted molar refractivity (Wildman–Crippen MR) is 78.3 cm³/mol. The number of rotatable bonds is 5. The van der Waals surface area contributed by atoms with Crippen molar-refractivity contribution in [1.29, 1.82) is 0 Å². The van der Waals surface area contributed by atoms with Crippen LogP contribution in [0.4, 0.5) is 5.69 Å². The molecule has 1 aromatic heterocycles. The number of imide groups is 1. The van der Waals surface area contributed by atoms with Crippen molar-refractivity contribution in [2.45, 2.75) is 17.9 Å². The zero-order valence-electron chi connectivity index (χ0n) is 11.4. The van der Waals surface area contributed by atoms with Gasteiger partial charge >= 0.3 is 0 Å². The molecule has 3 N–H and O–H groups in total. The van der Waals surface area contributed by atoms with Crippen LogP contribution in [-0.4, -0.2) is 46.4 Å². The van der Waals surface area contributed by atoms with Gasteiger partial charge in [-0.25, -0.2) is 4.98 Å². The van der Waals surface area contributed by atoms with Crippen LogP contribution in [0.15, 0.2) is 23.4 Å². The maximum Gasteiger partial charge on any atom is 0.246 e. The molecule has 0 spiro atoms. The van der Waals surface area contributed by atoms with E-state index in [9.17, 15) is 14.4 Å². The number of nitrogens with one attached hydrogen (secondary N) is 1. The molecule has 1 fully saturated rings. The summed E-state index contributed by atoms with van der Waals surface area (Å²) in [5.41, 5.74) is 6.06. The average Bonchev–Trinajstić information content (AvgIpc) is 2.83. The maximum absolute atomic E-state index is 11.6. The summed E-state index contributed by atoms with van der Waals surface area (Å²) in [6, 6.07) is 3.40. The highest BCUT2D eigenvalue weighted by atomic mass is 32.2. The molecule has 1 aliphatic rings. The van der Waals surface area contributed by atoms with Crippen molar-refractivity contribution in [3.8, 4) is 0 Å². The molecular weight excluding hydrogens is 292 g/mol. The van der Waals surface area contributed by atoms with Gasteiger partial charge in [0.1, 0.15) is 0 Å². The zero-order valence-corrected chi connectivity index (χ0v) is 12.2. The molecule has 21 heavy (non-hydrogen) atoms. The van der Waals surface area contributed by atoms with Gasteiger partial charge in [0.15, 0.2) is 0 Å². The summed E-state index contributed by atoms with van der Waals surface area (Å²) in [4.78, 5) is 40.2. The molecule has 1 aromatic rings. The largest absolute Gasteiger partial charge is 0.397 e. The summed E-state index contributed by atoms with van der Waals surface area (Å²) in [7, 11) is 0. The number of carbonyl (C=O) groups excluding carboxylic acids is 3. The van der Waals surface area contributed by atoms with Crippen LogP contribution in [0.25, 0.3) is 0 Å². The average molecular weight is 308 g/mol. The summed E-state index contributed by atoms with van der Waals surface area (Å²) >= 11 is 1.21. The van der Waals surface area contributed by atoms with Gasteiger partial charge in [0.25, 0.3) is 0 Å². The van der Waals surface area contributed by atoms with Crippen molar-refractivity contribution in [2.24, 2.45) is 0 Å². The molecule has 7 nitrogen and oxygen atoms in total. The Hall–Kier alpha value is -2.09. The predicted octanol–water partition coefficient (Wildman–Crippen LogP) is 0.0211. The molecule has 0 aromatic carbocycles. The molecule has 0 atom stereocenters. The molecule has 0 saturated carbocycles. The first-order valence-corrected chi connectivity index (χ1v) is 7.48. The van der Waals surface area contributed by atoms with E-state index < -0.39 is 11.8 Å². The standard InChI is InChI=1S/C13H16N4O3S/c14-9-3-4-12(15-6-9)21-8-11(19)16-10(18)7-17-5-1-2-13(17)20/h3-4,6H,1-2,5,7-8,14H2,(H,16,18,19). The van der Waals surface area contributed by atoms with E-state index in [1.165, 1.54) is 22.9 Å². The molecular formula is C13H16N4O3S. The number of nitrogen functional groups attached to an aromatic ring is 1. The van der Waals surface area contributed by atoms with E-state index in [0.717, 1.165) is 6.42 Å². The number of hydrogen-bond acceptors (Lipinski definition) is 6. The second-order valence-corrected chi connectivity index (χ2v) is 5.60. The Labute approximate surface area is 126 Å². The minimum absolute atomic E-state index is 0.0435. The zero-order chi connectivity index (χ0) is 15.2. The Kier molecular flexibility index (Phi) is 5.15. The Morgan fingerprint density at radius 3 is 2.81 bits per heavy atom. The van der Waals surface area contributed by atoms with Crippen LogP contribution in [0.2, 0.25) is 0 Å². The van der Waals surface area contributed by atoms with Crippen LogP contribution in [0, 0.1) is 0 Å². The first-order valence-electron chi connectivity index (χ1n) is 6.49. The maximum atomic E-state index is 11.6. The van der Waals surface area contributed by atoms with Crippen LogP contribution in [0.5, 0.6) is 0 Å². The van der Waals surface area contributed by atoms with E-state index in [2.05, 4.69) is 10.3 Å². The second kappa shape index (κ2) is 7.07. The van der Waals surface area contributed by atoms with Gasteiger partial charge in [0.2, 0.25) is 17.7 Å². The van der Waals surface area contributed by atoms with E-state index >= 15 is 0 Å². The molecule has 2 heterocycles. The molecule has 0 bridgehead atoms. The first kappa shape index (κ1) is 15.3. The Balaban J connectivity index is 1.72. The lowest BCUT2D eigenvalue weighted by molar-refractivity contribution is -0.135. The van der Waals surface area contributed by atoms with Crippen molar-refractivity contribution < 1.29 is 14.4 Å². The third kappa shape index (κ3) is 4.75. The van der Waals surface area contributed by atoms with Gasteiger partial charge in [0.05, 0.1) is 29.2 Å². The van der Waals surface area contributed by atoms with Crippen LogP contribution in [-0.2, 0) is 14.4 Å². The number of likely N-dealkylation sites (tertiary alicyclic amines) is 1. The van der Waals surface area contributed by atoms with Gasteiger partial charge in [-0.2, -0.15) is 0 Å². The monoisotopic (exact) mass is 308 g/mol. The molecule has 8 heteroatoms. The number of anilines is 1. The third-order valence-corrected chi connectivity index (χ3v) is 3.84. The third-order valence-electron chi connectivity index (χ3n) is 2.90. The van der Waals surface area contributed by atoms with Gasteiger partial charge in [-0.3, -0.25) is 19.7 Å². The lowest BCUT2D eigenvalue weighted by Gasteiger charge is -2.14. The van der Waals surface area contributed by atoms with Crippen molar-refractivity contribution >= 4 is 35.2 Å². The SMILES string of the molecule is Nc1ccc(SCC(=O)NC(=O)CN2CCCC2=O)nc1. The van der Waals surface area contributed by atoms with E-state index in [4.69, 9.17) is 5.73 Å². The summed E-state index contributed by atoms with van der Waals surface area (Å²) in [6.45, 7) is 0.514. The Morgan fingerprint density at radius 2 is 2.19 bits per heavy atom. The molecule has 0 radical (unpaired) electrons. The van der Waals surface area contributed by atoms with Crippen LogP contribution in [0.1, 0.15) is 12.8 Å². The molecule has 1 aliphatic heterocycles. The molecule has 2 rings (SSSR count). The molecule has 1 saturated heterocycles. The minimum atomic E-state index is -0.457. The van der Waals surface area contributed by atoms with Crippen LogP contribution < -0.4 is 11.1 Å². The van der Waals surface area contributed by atoms with Crippen LogP contribution >= 0.6 is 11.8 Å². The lowest BCUT2D eigenvalue weighted by atomic mass is 10.4. The summed E-state index contributed by atoms with van der Waals surface area (Å²) in [5, 5.41) is 2.92. The second-order valence-electron chi connectivity index (χ2n) is 4.61. The normalized spacial score (nSPS) is 14.3. The number of amides is 3. The number of nitrogens with zero attached hydrogens (tertiary/aromatic N) is 2. The van der Waals surface area contributed by atoms with Gasteiger partial charge in [0, 0.05) is 13.0 Å². The Bertz CT molecular complexity index is 547. The number of nitrogens with two attached hydrogens (primary N) is 1. The highest BCUT2D eigenvalue weighted by Gasteiger charge is 2.22. The topological polar surface area (TPSA) is 105 Å². The highest BCUT2D eigenvalue weighted by molar-refractivity contribution is 7.99. The lowest BCUT2D eigenvalue weighted by Crippen LogP contribution is -2.41.